The van der Waals surface area contributed by atoms with Gasteiger partial charge in [-0.1, -0.05) is 30.3 Å². The van der Waals surface area contributed by atoms with Gasteiger partial charge >= 0.3 is 0 Å². The average molecular weight is 454 g/mol. The van der Waals surface area contributed by atoms with E-state index < -0.39 is 0 Å². The van der Waals surface area contributed by atoms with Crippen molar-refractivity contribution in [1.29, 1.82) is 0 Å². The Morgan fingerprint density at radius 1 is 1.06 bits per heavy atom. The first kappa shape index (κ1) is 21.9. The molecule has 1 saturated heterocycles. The molecule has 1 unspecified atom stereocenters. The number of carbonyl (C=O) groups is 2. The highest BCUT2D eigenvalue weighted by Crippen LogP contribution is 2.24. The number of aryl methyl sites for hydroxylation is 1. The first-order chi connectivity index (χ1) is 16.5. The Balaban J connectivity index is 1.34. The number of para-hydroxylation sites is 1. The number of likely N-dealkylation sites (tertiary alicyclic amines) is 1. The molecule has 172 valence electrons. The molecule has 34 heavy (non-hydrogen) atoms. The van der Waals surface area contributed by atoms with E-state index in [0.29, 0.717) is 17.8 Å². The fourth-order valence-corrected chi connectivity index (χ4v) is 4.77. The van der Waals surface area contributed by atoms with Crippen LogP contribution in [0.15, 0.2) is 72.8 Å². The van der Waals surface area contributed by atoms with Crippen LogP contribution in [0.5, 0.6) is 0 Å². The number of hydrogen-bond donors (Lipinski definition) is 2. The van der Waals surface area contributed by atoms with Crippen LogP contribution in [-0.4, -0.2) is 38.9 Å². The lowest BCUT2D eigenvalue weighted by atomic mass is 10.1. The number of primary amides is 1. The van der Waals surface area contributed by atoms with Crippen molar-refractivity contribution >= 4 is 28.5 Å². The van der Waals surface area contributed by atoms with Crippen molar-refractivity contribution in [3.63, 3.8) is 0 Å². The minimum atomic E-state index is -0.276. The number of carbonyl (C=O) groups excluding carboxylic acids is 2. The Hall–Kier alpha value is -3.97. The van der Waals surface area contributed by atoms with Gasteiger partial charge in [0.15, 0.2) is 0 Å². The van der Waals surface area contributed by atoms with Crippen LogP contribution in [0.3, 0.4) is 0 Å². The Labute approximate surface area is 198 Å². The van der Waals surface area contributed by atoms with Gasteiger partial charge in [-0.25, -0.2) is 4.98 Å². The van der Waals surface area contributed by atoms with Gasteiger partial charge in [0.25, 0.3) is 5.91 Å². The smallest absolute Gasteiger partial charge is 0.255 e. The first-order valence-electron chi connectivity index (χ1n) is 11.5. The molecule has 2 amide bonds. The number of fused-ring (bicyclic) bond motifs is 1. The van der Waals surface area contributed by atoms with E-state index in [9.17, 15) is 9.59 Å². The Morgan fingerprint density at radius 2 is 1.88 bits per heavy atom. The lowest BCUT2D eigenvalue weighted by Gasteiger charge is -2.22. The summed E-state index contributed by atoms with van der Waals surface area (Å²) in [6, 6.07) is 23.1. The van der Waals surface area contributed by atoms with Gasteiger partial charge in [0.05, 0.1) is 17.1 Å². The molecule has 1 aromatic heterocycles. The van der Waals surface area contributed by atoms with Gasteiger partial charge in [0.1, 0.15) is 5.82 Å². The lowest BCUT2D eigenvalue weighted by molar-refractivity contribution is -0.122. The molecular formula is C27H27N5O2. The second-order valence-electron chi connectivity index (χ2n) is 8.72. The minimum absolute atomic E-state index is 0.192. The monoisotopic (exact) mass is 453 g/mol. The molecule has 0 spiro atoms. The predicted octanol–water partition coefficient (Wildman–Crippen LogP) is 4.04. The average Bonchev–Trinajstić information content (AvgIpc) is 3.42. The number of nitrogens with one attached hydrogen (secondary N) is 1. The summed E-state index contributed by atoms with van der Waals surface area (Å²) >= 11 is 0. The van der Waals surface area contributed by atoms with Gasteiger partial charge in [-0.3, -0.25) is 19.1 Å². The minimum Gasteiger partial charge on any atom is -0.368 e. The third kappa shape index (κ3) is 4.30. The molecule has 1 atom stereocenters. The van der Waals surface area contributed by atoms with Crippen LogP contribution in [-0.2, 0) is 11.3 Å². The quantitative estimate of drug-likeness (QED) is 0.461. The van der Waals surface area contributed by atoms with Crippen LogP contribution in [0.4, 0.5) is 5.69 Å². The number of nitrogens with two attached hydrogens (primary N) is 1. The zero-order valence-electron chi connectivity index (χ0n) is 19.1. The van der Waals surface area contributed by atoms with Gasteiger partial charge < -0.3 is 11.1 Å². The van der Waals surface area contributed by atoms with E-state index in [1.807, 2.05) is 79.7 Å². The summed E-state index contributed by atoms with van der Waals surface area (Å²) in [5, 5.41) is 2.99. The van der Waals surface area contributed by atoms with Crippen molar-refractivity contribution in [2.75, 3.05) is 11.9 Å². The van der Waals surface area contributed by atoms with Crippen LogP contribution < -0.4 is 11.1 Å². The maximum atomic E-state index is 13.0. The van der Waals surface area contributed by atoms with Crippen LogP contribution in [0.1, 0.15) is 34.6 Å². The third-order valence-corrected chi connectivity index (χ3v) is 6.36. The summed E-state index contributed by atoms with van der Waals surface area (Å²) in [6.07, 6.45) is 1.76. The van der Waals surface area contributed by atoms with Gasteiger partial charge in [0.2, 0.25) is 5.91 Å². The Kier molecular flexibility index (Phi) is 5.86. The van der Waals surface area contributed by atoms with Crippen LogP contribution in [0.25, 0.3) is 16.7 Å². The Morgan fingerprint density at radius 3 is 2.68 bits per heavy atom. The Bertz CT molecular complexity index is 1360. The highest BCUT2D eigenvalue weighted by Gasteiger charge is 2.28. The summed E-state index contributed by atoms with van der Waals surface area (Å²) in [6.45, 7) is 3.43. The van der Waals surface area contributed by atoms with Crippen LogP contribution in [0, 0.1) is 6.92 Å². The van der Waals surface area contributed by atoms with E-state index in [2.05, 4.69) is 19.8 Å². The molecule has 1 aliphatic heterocycles. The van der Waals surface area contributed by atoms with Crippen molar-refractivity contribution in [2.24, 2.45) is 5.73 Å². The molecule has 0 saturated carbocycles. The number of benzene rings is 3. The summed E-state index contributed by atoms with van der Waals surface area (Å²) in [5.74, 6) is 0.395. The molecule has 5 rings (SSSR count). The number of aromatic nitrogens is 2. The summed E-state index contributed by atoms with van der Waals surface area (Å²) in [4.78, 5) is 31.5. The molecule has 0 bridgehead atoms. The predicted molar refractivity (Wildman–Crippen MR) is 133 cm³/mol. The zero-order valence-corrected chi connectivity index (χ0v) is 19.1. The summed E-state index contributed by atoms with van der Waals surface area (Å²) in [7, 11) is 0. The standard InChI is InChI=1S/C27H27N5O2/c1-18-29-23-16-20(12-13-24(23)32(18)22-9-3-2-4-10-22)27(34)30-21-8-5-7-19(15-21)17-31-14-6-11-25(31)26(28)33/h2-5,7-10,12-13,15-16,25H,6,11,14,17H2,1H3,(H2,28,33)(H,30,34). The maximum absolute atomic E-state index is 13.0. The highest BCUT2D eigenvalue weighted by atomic mass is 16.2. The molecule has 7 heteroatoms. The van der Waals surface area contributed by atoms with E-state index >= 15 is 0 Å². The topological polar surface area (TPSA) is 93.2 Å². The normalized spacial score (nSPS) is 16.1. The van der Waals surface area contributed by atoms with Crippen LogP contribution >= 0.6 is 0 Å². The number of rotatable bonds is 6. The second-order valence-corrected chi connectivity index (χ2v) is 8.72. The molecule has 2 heterocycles. The largest absolute Gasteiger partial charge is 0.368 e. The van der Waals surface area contributed by atoms with Crippen molar-refractivity contribution in [1.82, 2.24) is 14.5 Å². The van der Waals surface area contributed by atoms with E-state index in [0.717, 1.165) is 47.5 Å². The van der Waals surface area contributed by atoms with Crippen LogP contribution in [0.2, 0.25) is 0 Å². The van der Waals surface area contributed by atoms with E-state index in [4.69, 9.17) is 5.73 Å². The maximum Gasteiger partial charge on any atom is 0.255 e. The molecule has 1 aliphatic rings. The van der Waals surface area contributed by atoms with Gasteiger partial charge in [0, 0.05) is 23.5 Å². The number of imidazole rings is 1. The van der Waals surface area contributed by atoms with E-state index in [-0.39, 0.29) is 17.9 Å². The van der Waals surface area contributed by atoms with Gasteiger partial charge in [-0.15, -0.1) is 0 Å². The fraction of sp³-hybridized carbons (Fsp3) is 0.222. The van der Waals surface area contributed by atoms with Crippen molar-refractivity contribution in [2.45, 2.75) is 32.4 Å². The summed E-state index contributed by atoms with van der Waals surface area (Å²) < 4.78 is 2.08. The molecule has 7 nitrogen and oxygen atoms in total. The second kappa shape index (κ2) is 9.11. The van der Waals surface area contributed by atoms with Crippen molar-refractivity contribution < 1.29 is 9.59 Å². The highest BCUT2D eigenvalue weighted by molar-refractivity contribution is 6.06. The van der Waals surface area contributed by atoms with Gasteiger partial charge in [-0.2, -0.15) is 0 Å². The van der Waals surface area contributed by atoms with Gasteiger partial charge in [-0.05, 0) is 74.3 Å². The van der Waals surface area contributed by atoms with Crippen molar-refractivity contribution in [3.05, 3.63) is 89.7 Å². The number of hydrogen-bond acceptors (Lipinski definition) is 4. The number of amides is 2. The molecule has 0 radical (unpaired) electrons. The molecule has 3 aromatic carbocycles. The van der Waals surface area contributed by atoms with Crippen molar-refractivity contribution in [3.8, 4) is 5.69 Å². The first-order valence-corrected chi connectivity index (χ1v) is 11.5. The third-order valence-electron chi connectivity index (χ3n) is 6.36. The molecule has 0 aliphatic carbocycles. The lowest BCUT2D eigenvalue weighted by Crippen LogP contribution is -2.39. The molecule has 1 fully saturated rings. The molecule has 3 N–H and O–H groups in total. The molecule has 4 aromatic rings. The summed E-state index contributed by atoms with van der Waals surface area (Å²) in [5.41, 5.74) is 10.6. The zero-order chi connectivity index (χ0) is 23.7. The number of nitrogens with zero attached hydrogens (tertiary/aromatic N) is 3. The SMILES string of the molecule is Cc1nc2cc(C(=O)Nc3cccc(CN4CCCC4C(N)=O)c3)ccc2n1-c1ccccc1. The van der Waals surface area contributed by atoms with E-state index in [1.54, 1.807) is 0 Å². The fourth-order valence-electron chi connectivity index (χ4n) is 4.77. The molecular weight excluding hydrogens is 426 g/mol. The number of anilines is 1. The van der Waals surface area contributed by atoms with E-state index in [1.165, 1.54) is 0 Å².